The Morgan fingerprint density at radius 3 is 0.636 bits per heavy atom. The molecule has 2 unspecified atom stereocenters. The maximum Gasteiger partial charge on any atom is 0.472 e. The minimum Gasteiger partial charge on any atom is -0.462 e. The fraction of sp³-hybridized carbons (Fsp3) is 0.955. The van der Waals surface area contributed by atoms with Gasteiger partial charge in [-0.2, -0.15) is 0 Å². The number of carbonyl (C=O) groups is 4. The van der Waals surface area contributed by atoms with Gasteiger partial charge in [0.25, 0.3) is 0 Å². The van der Waals surface area contributed by atoms with Gasteiger partial charge < -0.3 is 33.8 Å². The standard InChI is InChI=1S/C88H172O17P2/c1-7-9-11-13-15-17-19-21-23-25-27-28-30-34-39-43-47-55-61-67-72-87(92)104-83(76-98-85(90)70-64-58-52-45-41-37-35-31-32-36-40-44-50-56-62-68-80(3)4)78-102-106(94,95)100-74-82(89)75-101-107(96,97)103-79-84(77-99-86(91)71-65-59-53-49-48-51-57-63-69-81(5)6)105-88(93)73-66-60-54-46-42-38-33-29-26-24-22-20-18-16-14-12-10-8-2/h80-84,89H,7-79H2,1-6H3,(H,94,95)(H,96,97)/t82-,83-,84-/m1/s1. The first-order chi connectivity index (χ1) is 51.9. The van der Waals surface area contributed by atoms with Crippen LogP contribution in [0.25, 0.3) is 0 Å². The molecule has 0 rings (SSSR count). The Bertz CT molecular complexity index is 2050. The fourth-order valence-electron chi connectivity index (χ4n) is 13.8. The van der Waals surface area contributed by atoms with E-state index < -0.39 is 97.5 Å². The predicted octanol–water partition coefficient (Wildman–Crippen LogP) is 27.0. The minimum absolute atomic E-state index is 0.108. The van der Waals surface area contributed by atoms with Crippen molar-refractivity contribution in [3.63, 3.8) is 0 Å². The molecule has 19 heteroatoms. The first-order valence-corrected chi connectivity index (χ1v) is 48.5. The van der Waals surface area contributed by atoms with Crippen LogP contribution >= 0.6 is 15.6 Å². The summed E-state index contributed by atoms with van der Waals surface area (Å²) in [6.45, 7) is 9.68. The molecule has 0 heterocycles. The SMILES string of the molecule is CCCCCCCCCCCCCCCCCCCCCCC(=O)O[C@H](COC(=O)CCCCCCCCCCCCCCCCCC(C)C)COP(=O)(O)OC[C@@H](O)COP(=O)(O)OC[C@@H](COC(=O)CCCCCCCCCCC(C)C)OC(=O)CCCCCCCCCCCCCCCCCCCC. The Kier molecular flexibility index (Phi) is 77.9. The van der Waals surface area contributed by atoms with Crippen LogP contribution in [0.2, 0.25) is 0 Å². The van der Waals surface area contributed by atoms with Crippen molar-refractivity contribution in [1.82, 2.24) is 0 Å². The van der Waals surface area contributed by atoms with Crippen LogP contribution in [0.15, 0.2) is 0 Å². The van der Waals surface area contributed by atoms with E-state index in [4.69, 9.17) is 37.0 Å². The molecule has 636 valence electrons. The smallest absolute Gasteiger partial charge is 0.462 e. The van der Waals surface area contributed by atoms with E-state index >= 15 is 0 Å². The average Bonchev–Trinajstić information content (AvgIpc) is 0.906. The number of rotatable bonds is 87. The molecule has 0 fully saturated rings. The minimum atomic E-state index is -4.97. The van der Waals surface area contributed by atoms with Gasteiger partial charge in [-0.05, 0) is 37.5 Å². The number of hydrogen-bond acceptors (Lipinski definition) is 15. The van der Waals surface area contributed by atoms with E-state index in [1.165, 1.54) is 289 Å². The number of unbranched alkanes of at least 4 members (excludes halogenated alkanes) is 57. The van der Waals surface area contributed by atoms with Crippen molar-refractivity contribution in [2.75, 3.05) is 39.6 Å². The van der Waals surface area contributed by atoms with E-state index in [0.29, 0.717) is 25.7 Å². The lowest BCUT2D eigenvalue weighted by Gasteiger charge is -2.21. The van der Waals surface area contributed by atoms with Gasteiger partial charge in [-0.3, -0.25) is 37.3 Å². The van der Waals surface area contributed by atoms with Crippen LogP contribution < -0.4 is 0 Å². The van der Waals surface area contributed by atoms with Gasteiger partial charge >= 0.3 is 39.5 Å². The van der Waals surface area contributed by atoms with E-state index in [9.17, 15) is 43.2 Å². The van der Waals surface area contributed by atoms with Gasteiger partial charge in [-0.15, -0.1) is 0 Å². The van der Waals surface area contributed by atoms with Crippen LogP contribution in [0, 0.1) is 11.8 Å². The summed E-state index contributed by atoms with van der Waals surface area (Å²) in [6, 6.07) is 0. The highest BCUT2D eigenvalue weighted by Crippen LogP contribution is 2.45. The fourth-order valence-corrected chi connectivity index (χ4v) is 15.4. The van der Waals surface area contributed by atoms with Crippen molar-refractivity contribution in [3.8, 4) is 0 Å². The van der Waals surface area contributed by atoms with Gasteiger partial charge in [-0.25, -0.2) is 9.13 Å². The summed E-state index contributed by atoms with van der Waals surface area (Å²) in [5, 5.41) is 10.7. The molecular weight excluding hydrogens is 1390 g/mol. The molecule has 5 atom stereocenters. The van der Waals surface area contributed by atoms with Gasteiger partial charge in [0.15, 0.2) is 12.2 Å². The molecule has 0 radical (unpaired) electrons. The summed E-state index contributed by atoms with van der Waals surface area (Å²) in [7, 11) is -9.93. The zero-order chi connectivity index (χ0) is 78.5. The zero-order valence-corrected chi connectivity index (χ0v) is 72.2. The predicted molar refractivity (Wildman–Crippen MR) is 442 cm³/mol. The number of hydrogen-bond donors (Lipinski definition) is 3. The normalized spacial score (nSPS) is 13.8. The van der Waals surface area contributed by atoms with Gasteiger partial charge in [0.2, 0.25) is 0 Å². The Morgan fingerprint density at radius 1 is 0.252 bits per heavy atom. The number of ether oxygens (including phenoxy) is 4. The number of aliphatic hydroxyl groups excluding tert-OH is 1. The summed E-state index contributed by atoms with van der Waals surface area (Å²) < 4.78 is 69.0. The van der Waals surface area contributed by atoms with Gasteiger partial charge in [-0.1, -0.05) is 420 Å². The molecule has 0 aromatic rings. The molecule has 17 nitrogen and oxygen atoms in total. The van der Waals surface area contributed by atoms with Crippen molar-refractivity contribution in [2.45, 2.75) is 490 Å². The lowest BCUT2D eigenvalue weighted by Crippen LogP contribution is -2.30. The Balaban J connectivity index is 5.24. The number of phosphoric ester groups is 2. The van der Waals surface area contributed by atoms with Crippen LogP contribution in [0.5, 0.6) is 0 Å². The van der Waals surface area contributed by atoms with E-state index in [0.717, 1.165) is 102 Å². The average molecular weight is 1560 g/mol. The molecule has 0 spiro atoms. The van der Waals surface area contributed by atoms with Crippen molar-refractivity contribution < 1.29 is 80.2 Å². The Labute approximate surface area is 658 Å². The summed E-state index contributed by atoms with van der Waals surface area (Å²) in [5.41, 5.74) is 0. The quantitative estimate of drug-likeness (QED) is 0.0222. The molecular formula is C88H172O17P2. The van der Waals surface area contributed by atoms with Crippen LogP contribution in [0.3, 0.4) is 0 Å². The van der Waals surface area contributed by atoms with E-state index in [1.54, 1.807) is 0 Å². The number of aliphatic hydroxyl groups is 1. The van der Waals surface area contributed by atoms with Gasteiger partial charge in [0.05, 0.1) is 26.4 Å². The lowest BCUT2D eigenvalue weighted by molar-refractivity contribution is -0.161. The van der Waals surface area contributed by atoms with Crippen molar-refractivity contribution in [1.29, 1.82) is 0 Å². The van der Waals surface area contributed by atoms with Crippen LogP contribution in [0.4, 0.5) is 0 Å². The molecule has 0 aliphatic heterocycles. The Morgan fingerprint density at radius 2 is 0.430 bits per heavy atom. The first kappa shape index (κ1) is 105. The van der Waals surface area contributed by atoms with Crippen LogP contribution in [-0.2, 0) is 65.4 Å². The molecule has 0 aromatic carbocycles. The van der Waals surface area contributed by atoms with Crippen LogP contribution in [0.1, 0.15) is 472 Å². The molecule has 3 N–H and O–H groups in total. The lowest BCUT2D eigenvalue weighted by atomic mass is 10.0. The summed E-state index contributed by atoms with van der Waals surface area (Å²) in [6.07, 6.45) is 72.3. The summed E-state index contributed by atoms with van der Waals surface area (Å²) in [5.74, 6) is -0.567. The molecule has 0 aliphatic carbocycles. The maximum atomic E-state index is 13.2. The molecule has 0 aromatic heterocycles. The third-order valence-electron chi connectivity index (χ3n) is 20.7. The van der Waals surface area contributed by atoms with E-state index in [1.807, 2.05) is 0 Å². The van der Waals surface area contributed by atoms with Crippen molar-refractivity contribution in [2.24, 2.45) is 11.8 Å². The highest BCUT2D eigenvalue weighted by Gasteiger charge is 2.30. The number of esters is 4. The highest BCUT2D eigenvalue weighted by molar-refractivity contribution is 7.47. The molecule has 0 bridgehead atoms. The summed E-state index contributed by atoms with van der Waals surface area (Å²) >= 11 is 0. The number of phosphoric acid groups is 2. The Hall–Kier alpha value is -1.94. The molecule has 0 aliphatic rings. The topological polar surface area (TPSA) is 237 Å². The number of carbonyl (C=O) groups excluding carboxylic acids is 4. The van der Waals surface area contributed by atoms with Crippen molar-refractivity contribution in [3.05, 3.63) is 0 Å². The molecule has 0 amide bonds. The molecule has 0 saturated carbocycles. The third kappa shape index (κ3) is 81.9. The van der Waals surface area contributed by atoms with Crippen molar-refractivity contribution >= 4 is 39.5 Å². The molecule has 0 saturated heterocycles. The van der Waals surface area contributed by atoms with E-state index in [2.05, 4.69) is 41.5 Å². The van der Waals surface area contributed by atoms with E-state index in [-0.39, 0.29) is 25.7 Å². The monoisotopic (exact) mass is 1560 g/mol. The second-order valence-corrected chi connectivity index (χ2v) is 35.5. The molecule has 107 heavy (non-hydrogen) atoms. The van der Waals surface area contributed by atoms with Gasteiger partial charge in [0, 0.05) is 25.7 Å². The highest BCUT2D eigenvalue weighted by atomic mass is 31.2. The third-order valence-corrected chi connectivity index (χ3v) is 22.6. The zero-order valence-electron chi connectivity index (χ0n) is 70.5. The first-order valence-electron chi connectivity index (χ1n) is 45.5. The summed E-state index contributed by atoms with van der Waals surface area (Å²) in [4.78, 5) is 73.3. The van der Waals surface area contributed by atoms with Gasteiger partial charge in [0.1, 0.15) is 19.3 Å². The van der Waals surface area contributed by atoms with Crippen LogP contribution in [-0.4, -0.2) is 96.7 Å². The largest absolute Gasteiger partial charge is 0.472 e. The maximum absolute atomic E-state index is 13.2. The second-order valence-electron chi connectivity index (χ2n) is 32.6. The second kappa shape index (κ2) is 79.3.